The highest BCUT2D eigenvalue weighted by atomic mass is 16.1. The maximum absolute atomic E-state index is 12.2. The van der Waals surface area contributed by atoms with Crippen molar-refractivity contribution < 1.29 is 4.79 Å². The second-order valence-electron chi connectivity index (χ2n) is 12.8. The molecule has 190 valence electrons. The number of carbonyl (C=O) groups excluding carboxylic acids is 1. The molecule has 3 fully saturated rings. The Hall–Kier alpha value is -0.790. The number of rotatable bonds is 7. The number of nitrogens with one attached hydrogen (secondary N) is 1. The Labute approximate surface area is 206 Å². The molecule has 8 atom stereocenters. The third-order valence-corrected chi connectivity index (χ3v) is 10.6. The Morgan fingerprint density at radius 2 is 1.76 bits per heavy atom. The van der Waals surface area contributed by atoms with Crippen LogP contribution in [0.25, 0.3) is 0 Å². The van der Waals surface area contributed by atoms with Crippen molar-refractivity contribution in [2.24, 2.45) is 52.3 Å². The quantitative estimate of drug-likeness (QED) is 0.406. The van der Waals surface area contributed by atoms with Gasteiger partial charge in [0, 0.05) is 17.5 Å². The first-order valence-corrected chi connectivity index (χ1v) is 14.7. The molecule has 2 heteroatoms. The summed E-state index contributed by atoms with van der Waals surface area (Å²) in [5.41, 5.74) is 2.03. The van der Waals surface area contributed by atoms with E-state index in [9.17, 15) is 4.79 Å². The number of amides is 1. The molecule has 1 saturated heterocycles. The summed E-state index contributed by atoms with van der Waals surface area (Å²) < 4.78 is 0. The molecule has 0 radical (unpaired) electrons. The first-order chi connectivity index (χ1) is 15.7. The van der Waals surface area contributed by atoms with Gasteiger partial charge in [0.15, 0.2) is 0 Å². The molecule has 1 N–H and O–H groups in total. The zero-order valence-electron chi connectivity index (χ0n) is 23.3. The van der Waals surface area contributed by atoms with Crippen molar-refractivity contribution in [2.75, 3.05) is 0 Å². The minimum Gasteiger partial charge on any atom is -0.330 e. The molecule has 4 aliphatic rings. The predicted octanol–water partition coefficient (Wildman–Crippen LogP) is 8.76. The van der Waals surface area contributed by atoms with Crippen LogP contribution in [0, 0.1) is 52.3 Å². The van der Waals surface area contributed by atoms with Gasteiger partial charge in [0.2, 0.25) is 5.91 Å². The highest BCUT2D eigenvalue weighted by Gasteiger charge is 2.61. The molecule has 1 amide bonds. The van der Waals surface area contributed by atoms with Gasteiger partial charge >= 0.3 is 0 Å². The number of carbonyl (C=O) groups is 1. The lowest BCUT2D eigenvalue weighted by Crippen LogP contribution is -2.55. The summed E-state index contributed by atoms with van der Waals surface area (Å²) in [4.78, 5) is 12.2. The van der Waals surface area contributed by atoms with Gasteiger partial charge in [-0.3, -0.25) is 4.79 Å². The number of piperidine rings is 1. The Morgan fingerprint density at radius 1 is 1.03 bits per heavy atom. The number of hydrogen-bond acceptors (Lipinski definition) is 1. The molecule has 0 aromatic carbocycles. The highest BCUT2D eigenvalue weighted by Crippen LogP contribution is 2.67. The molecule has 2 saturated carbocycles. The number of allylic oxidation sites excluding steroid dienone is 2. The van der Waals surface area contributed by atoms with Gasteiger partial charge in [-0.25, -0.2) is 0 Å². The van der Waals surface area contributed by atoms with E-state index in [1.807, 2.05) is 13.8 Å². The Bertz CT molecular complexity index is 695. The molecule has 0 bridgehead atoms. The van der Waals surface area contributed by atoms with Gasteiger partial charge in [-0.15, -0.1) is 0 Å². The number of hydrogen-bond donors (Lipinski definition) is 1. The van der Waals surface area contributed by atoms with Crippen LogP contribution in [-0.2, 0) is 4.79 Å². The fraction of sp³-hybridized carbons (Fsp3) is 0.903. The molecular formula is C31H55NO. The van der Waals surface area contributed by atoms with Crippen LogP contribution in [0.4, 0.5) is 0 Å². The molecule has 1 aliphatic heterocycles. The summed E-state index contributed by atoms with van der Waals surface area (Å²) in [6.45, 7) is 18.8. The Morgan fingerprint density at radius 3 is 2.42 bits per heavy atom. The summed E-state index contributed by atoms with van der Waals surface area (Å²) >= 11 is 0. The summed E-state index contributed by atoms with van der Waals surface area (Å²) in [7, 11) is 0. The van der Waals surface area contributed by atoms with Crippen LogP contribution in [0.1, 0.15) is 126 Å². The summed E-state index contributed by atoms with van der Waals surface area (Å²) in [5.74, 6) is 6.00. The van der Waals surface area contributed by atoms with E-state index in [0.717, 1.165) is 41.9 Å². The molecule has 0 spiro atoms. The van der Waals surface area contributed by atoms with Crippen molar-refractivity contribution in [3.8, 4) is 0 Å². The normalized spacial score (nSPS) is 40.6. The van der Waals surface area contributed by atoms with Crippen molar-refractivity contribution in [2.45, 2.75) is 126 Å². The van der Waals surface area contributed by atoms with E-state index < -0.39 is 0 Å². The van der Waals surface area contributed by atoms with Crippen molar-refractivity contribution >= 4 is 5.91 Å². The summed E-state index contributed by atoms with van der Waals surface area (Å²) in [6, 6.07) is 0. The second-order valence-corrected chi connectivity index (χ2v) is 12.8. The topological polar surface area (TPSA) is 29.1 Å². The van der Waals surface area contributed by atoms with Crippen LogP contribution in [0.15, 0.2) is 11.8 Å². The largest absolute Gasteiger partial charge is 0.330 e. The van der Waals surface area contributed by atoms with Crippen LogP contribution >= 0.6 is 0 Å². The van der Waals surface area contributed by atoms with Gasteiger partial charge in [0.25, 0.3) is 0 Å². The molecule has 3 aliphatic carbocycles. The van der Waals surface area contributed by atoms with E-state index in [4.69, 9.17) is 0 Å². The van der Waals surface area contributed by atoms with Gasteiger partial charge in [-0.2, -0.15) is 0 Å². The summed E-state index contributed by atoms with van der Waals surface area (Å²) in [6.07, 6.45) is 16.8. The van der Waals surface area contributed by atoms with Gasteiger partial charge < -0.3 is 5.32 Å². The lowest BCUT2D eigenvalue weighted by molar-refractivity contribution is -0.126. The van der Waals surface area contributed by atoms with Crippen LogP contribution in [-0.4, -0.2) is 5.91 Å². The maximum Gasteiger partial charge on any atom is 0.224 e. The standard InChI is InChI=1S/C29H49NO.C2H6/c1-7-9-21-18-25-29(6,17-15-26(31)30-25)24-14-16-28(5)22(12-13-23(28)27(21)24)20(4)11-8-10-19(2)3;1-2/h18-24,27H,7-17H2,1-6H3,(H,30,31);1-2H3/t20?,21-,22?,23?,24?,27?,28?,29?;/m0./s1. The lowest BCUT2D eigenvalue weighted by atomic mass is 9.46. The average molecular weight is 458 g/mol. The minimum absolute atomic E-state index is 0.200. The van der Waals surface area contributed by atoms with Gasteiger partial charge in [-0.05, 0) is 85.4 Å². The third kappa shape index (κ3) is 4.97. The first-order valence-electron chi connectivity index (χ1n) is 14.7. The van der Waals surface area contributed by atoms with Crippen molar-refractivity contribution in [3.05, 3.63) is 11.8 Å². The van der Waals surface area contributed by atoms with Crippen molar-refractivity contribution in [1.82, 2.24) is 5.32 Å². The molecule has 0 aromatic heterocycles. The van der Waals surface area contributed by atoms with E-state index in [0.29, 0.717) is 17.8 Å². The van der Waals surface area contributed by atoms with Crippen LogP contribution < -0.4 is 5.32 Å². The lowest BCUT2D eigenvalue weighted by Gasteiger charge is -2.60. The summed E-state index contributed by atoms with van der Waals surface area (Å²) in [5, 5.41) is 3.33. The molecule has 0 aromatic rings. The highest BCUT2D eigenvalue weighted by molar-refractivity contribution is 5.79. The second kappa shape index (κ2) is 10.9. The Balaban J connectivity index is 0.00000149. The van der Waals surface area contributed by atoms with Crippen LogP contribution in [0.5, 0.6) is 0 Å². The van der Waals surface area contributed by atoms with E-state index in [1.54, 1.807) is 0 Å². The molecule has 33 heavy (non-hydrogen) atoms. The van der Waals surface area contributed by atoms with E-state index in [1.165, 1.54) is 63.5 Å². The number of fused-ring (bicyclic) bond motifs is 5. The Kier molecular flexibility index (Phi) is 8.82. The third-order valence-electron chi connectivity index (χ3n) is 10.6. The molecule has 4 rings (SSSR count). The fourth-order valence-corrected chi connectivity index (χ4v) is 8.97. The molecular weight excluding hydrogens is 402 g/mol. The van der Waals surface area contributed by atoms with E-state index >= 15 is 0 Å². The zero-order chi connectivity index (χ0) is 24.4. The van der Waals surface area contributed by atoms with E-state index in [2.05, 4.69) is 52.9 Å². The predicted molar refractivity (Wildman–Crippen MR) is 142 cm³/mol. The monoisotopic (exact) mass is 457 g/mol. The first kappa shape index (κ1) is 26.8. The van der Waals surface area contributed by atoms with Crippen LogP contribution in [0.3, 0.4) is 0 Å². The molecule has 7 unspecified atom stereocenters. The van der Waals surface area contributed by atoms with E-state index in [-0.39, 0.29) is 11.3 Å². The molecule has 1 heterocycles. The van der Waals surface area contributed by atoms with Gasteiger partial charge in [-0.1, -0.05) is 87.1 Å². The van der Waals surface area contributed by atoms with Crippen molar-refractivity contribution in [3.63, 3.8) is 0 Å². The van der Waals surface area contributed by atoms with Gasteiger partial charge in [0.05, 0.1) is 0 Å². The fourth-order valence-electron chi connectivity index (χ4n) is 8.97. The SMILES string of the molecule is CC.CCC[C@H]1C=C2NC(=O)CCC2(C)C2CCC3(C)C(C(C)CCCC(C)C)CCC3C21. The van der Waals surface area contributed by atoms with Crippen LogP contribution in [0.2, 0.25) is 0 Å². The van der Waals surface area contributed by atoms with Gasteiger partial charge in [0.1, 0.15) is 0 Å². The minimum atomic E-state index is 0.200. The van der Waals surface area contributed by atoms with Crippen molar-refractivity contribution in [1.29, 1.82) is 0 Å². The average Bonchev–Trinajstić information content (AvgIpc) is 3.13. The zero-order valence-corrected chi connectivity index (χ0v) is 23.3. The molecule has 2 nitrogen and oxygen atoms in total. The smallest absolute Gasteiger partial charge is 0.224 e. The maximum atomic E-state index is 12.2.